The molecule has 6 heteroatoms. The Morgan fingerprint density at radius 1 is 0.800 bits per heavy atom. The molecule has 50 heavy (non-hydrogen) atoms. The molecule has 270 valence electrons. The Kier molecular flexibility index (Phi) is 11.6. The minimum atomic E-state index is -0.357. The summed E-state index contributed by atoms with van der Waals surface area (Å²) in [6.07, 6.45) is 17.1. The van der Waals surface area contributed by atoms with Crippen LogP contribution in [-0.2, 0) is 14.3 Å². The number of fused-ring (bicyclic) bond motifs is 5. The third-order valence-corrected chi connectivity index (χ3v) is 13.4. The minimum Gasteiger partial charge on any atom is -0.462 e. The lowest BCUT2D eigenvalue weighted by molar-refractivity contribution is -0.151. The first-order valence-corrected chi connectivity index (χ1v) is 19.7. The van der Waals surface area contributed by atoms with Gasteiger partial charge >= 0.3 is 11.9 Å². The third-order valence-electron chi connectivity index (χ3n) is 13.4. The lowest BCUT2D eigenvalue weighted by atomic mass is 9.47. The average Bonchev–Trinajstić information content (AvgIpc) is 3.46. The van der Waals surface area contributed by atoms with Gasteiger partial charge in [-0.05, 0) is 134 Å². The normalized spacial score (nSPS) is 31.0. The quantitative estimate of drug-likeness (QED) is 0.0913. The summed E-state index contributed by atoms with van der Waals surface area (Å²) < 4.78 is 11.5. The van der Waals surface area contributed by atoms with Crippen LogP contribution in [0.25, 0.3) is 0 Å². The van der Waals surface area contributed by atoms with Gasteiger partial charge in [0.15, 0.2) is 0 Å². The summed E-state index contributed by atoms with van der Waals surface area (Å²) in [5.41, 5.74) is 3.72. The highest BCUT2D eigenvalue weighted by Crippen LogP contribution is 2.67. The van der Waals surface area contributed by atoms with Crippen LogP contribution < -0.4 is 4.74 Å². The van der Waals surface area contributed by atoms with E-state index in [4.69, 9.17) is 9.47 Å². The van der Waals surface area contributed by atoms with E-state index < -0.39 is 0 Å². The molecule has 0 saturated heterocycles. The van der Waals surface area contributed by atoms with E-state index in [0.29, 0.717) is 23.3 Å². The summed E-state index contributed by atoms with van der Waals surface area (Å²) in [7, 11) is 0. The zero-order chi connectivity index (χ0) is 35.3. The van der Waals surface area contributed by atoms with E-state index in [1.54, 1.807) is 29.8 Å². The van der Waals surface area contributed by atoms with Crippen LogP contribution >= 0.6 is 0 Å². The second-order valence-corrected chi connectivity index (χ2v) is 17.0. The second-order valence-electron chi connectivity index (χ2n) is 17.0. The number of esters is 2. The van der Waals surface area contributed by atoms with Gasteiger partial charge < -0.3 is 9.47 Å². The molecule has 8 atom stereocenters. The molecule has 4 aliphatic rings. The Morgan fingerprint density at radius 3 is 2.26 bits per heavy atom. The van der Waals surface area contributed by atoms with Gasteiger partial charge in [-0.3, -0.25) is 9.59 Å². The molecule has 0 bridgehead atoms. The van der Waals surface area contributed by atoms with Crippen LogP contribution in [0.4, 0.5) is 11.4 Å². The van der Waals surface area contributed by atoms with Crippen LogP contribution in [0, 0.1) is 46.3 Å². The molecule has 0 aliphatic heterocycles. The zero-order valence-corrected chi connectivity index (χ0v) is 31.2. The van der Waals surface area contributed by atoms with Crippen LogP contribution in [0.5, 0.6) is 5.75 Å². The number of carbonyl (C=O) groups is 2. The third kappa shape index (κ3) is 8.26. The first-order chi connectivity index (χ1) is 24.0. The summed E-state index contributed by atoms with van der Waals surface area (Å²) in [6, 6.07) is 16.4. The van der Waals surface area contributed by atoms with E-state index in [-0.39, 0.29) is 36.3 Å². The molecule has 0 spiro atoms. The van der Waals surface area contributed by atoms with Crippen molar-refractivity contribution >= 4 is 23.3 Å². The highest BCUT2D eigenvalue weighted by molar-refractivity contribution is 5.74. The van der Waals surface area contributed by atoms with E-state index in [1.807, 2.05) is 30.3 Å². The van der Waals surface area contributed by atoms with E-state index >= 15 is 0 Å². The SMILES string of the molecule is CC(C)CCC[C@@H](C)[C@H]1CC[C@H]2[C@@H]3CC=C4CC(OC(=O)CCCC(=O)Oc5ccc(N=Nc6ccccc6)cc5)CC[C@]4(C)[C@H]3CC[C@]12C. The molecule has 4 aliphatic carbocycles. The van der Waals surface area contributed by atoms with Crippen LogP contribution in [0.15, 0.2) is 76.5 Å². The van der Waals surface area contributed by atoms with Crippen molar-refractivity contribution in [2.75, 3.05) is 0 Å². The number of benzene rings is 2. The van der Waals surface area contributed by atoms with Gasteiger partial charge in [0, 0.05) is 19.3 Å². The maximum Gasteiger partial charge on any atom is 0.311 e. The molecule has 1 unspecified atom stereocenters. The number of allylic oxidation sites excluding steroid dienone is 1. The molecule has 0 radical (unpaired) electrons. The van der Waals surface area contributed by atoms with E-state index in [9.17, 15) is 9.59 Å². The van der Waals surface area contributed by atoms with Crippen molar-refractivity contribution in [2.24, 2.45) is 56.6 Å². The van der Waals surface area contributed by atoms with Gasteiger partial charge in [0.2, 0.25) is 0 Å². The molecular weight excluding hydrogens is 620 g/mol. The molecule has 3 fully saturated rings. The Morgan fingerprint density at radius 2 is 1.52 bits per heavy atom. The second kappa shape index (κ2) is 15.9. The van der Waals surface area contributed by atoms with Crippen molar-refractivity contribution in [1.82, 2.24) is 0 Å². The number of hydrogen-bond acceptors (Lipinski definition) is 6. The van der Waals surface area contributed by atoms with Crippen LogP contribution in [0.1, 0.15) is 125 Å². The molecule has 0 N–H and O–H groups in total. The Hall–Kier alpha value is -3.28. The van der Waals surface area contributed by atoms with Gasteiger partial charge in [0.25, 0.3) is 0 Å². The Labute approximate surface area is 300 Å². The average molecular weight is 681 g/mol. The fraction of sp³-hybridized carbons (Fsp3) is 0.636. The molecule has 6 nitrogen and oxygen atoms in total. The summed E-state index contributed by atoms with van der Waals surface area (Å²) in [5, 5.41) is 8.43. The van der Waals surface area contributed by atoms with Crippen molar-refractivity contribution in [3.8, 4) is 5.75 Å². The smallest absolute Gasteiger partial charge is 0.311 e. The van der Waals surface area contributed by atoms with Crippen molar-refractivity contribution in [3.05, 3.63) is 66.2 Å². The van der Waals surface area contributed by atoms with E-state index in [0.717, 1.165) is 60.5 Å². The first-order valence-electron chi connectivity index (χ1n) is 19.7. The molecule has 0 aromatic heterocycles. The van der Waals surface area contributed by atoms with Gasteiger partial charge in [-0.2, -0.15) is 10.2 Å². The van der Waals surface area contributed by atoms with E-state index in [1.165, 1.54) is 51.4 Å². The molecule has 0 amide bonds. The molecule has 0 heterocycles. The van der Waals surface area contributed by atoms with Gasteiger partial charge in [-0.1, -0.05) is 83.7 Å². The summed E-state index contributed by atoms with van der Waals surface area (Å²) in [6.45, 7) is 12.5. The van der Waals surface area contributed by atoms with Gasteiger partial charge in [-0.25, -0.2) is 0 Å². The molecule has 2 aromatic rings. The predicted octanol–water partition coefficient (Wildman–Crippen LogP) is 12.1. The van der Waals surface area contributed by atoms with Gasteiger partial charge in [0.05, 0.1) is 11.4 Å². The minimum absolute atomic E-state index is 0.0562. The van der Waals surface area contributed by atoms with Crippen molar-refractivity contribution in [3.63, 3.8) is 0 Å². The topological polar surface area (TPSA) is 77.3 Å². The first kappa shape index (κ1) is 36.5. The lowest BCUT2D eigenvalue weighted by Gasteiger charge is -2.58. The van der Waals surface area contributed by atoms with Crippen LogP contribution in [0.3, 0.4) is 0 Å². The van der Waals surface area contributed by atoms with Crippen molar-refractivity contribution < 1.29 is 19.1 Å². The number of azo groups is 1. The highest BCUT2D eigenvalue weighted by Gasteiger charge is 2.59. The van der Waals surface area contributed by atoms with Crippen molar-refractivity contribution in [1.29, 1.82) is 0 Å². The molecule has 6 rings (SSSR count). The van der Waals surface area contributed by atoms with Gasteiger partial charge in [0.1, 0.15) is 11.9 Å². The fourth-order valence-corrected chi connectivity index (χ4v) is 10.7. The monoisotopic (exact) mass is 680 g/mol. The lowest BCUT2D eigenvalue weighted by Crippen LogP contribution is -2.51. The van der Waals surface area contributed by atoms with Crippen molar-refractivity contribution in [2.45, 2.75) is 131 Å². The highest BCUT2D eigenvalue weighted by atomic mass is 16.5. The number of rotatable bonds is 13. The van der Waals surface area contributed by atoms with E-state index in [2.05, 4.69) is 50.9 Å². The molecular formula is C44H60N2O4. The molecule has 3 saturated carbocycles. The maximum absolute atomic E-state index is 12.9. The maximum atomic E-state index is 12.9. The van der Waals surface area contributed by atoms with Gasteiger partial charge in [-0.15, -0.1) is 0 Å². The summed E-state index contributed by atoms with van der Waals surface area (Å²) in [4.78, 5) is 25.3. The largest absolute Gasteiger partial charge is 0.462 e. The number of ether oxygens (including phenoxy) is 2. The summed E-state index contributed by atoms with van der Waals surface area (Å²) >= 11 is 0. The Bertz CT molecular complexity index is 1520. The standard InChI is InChI=1S/C44H60N2O4/c1-30(2)11-9-12-31(3)38-23-24-39-37-22-17-32-29-36(25-27-43(32,4)40(37)26-28-44(38,39)5)50-42(48)16-10-15-41(47)49-35-20-18-34(19-21-35)46-45-33-13-7-6-8-14-33/h6-8,13-14,17-21,30-31,36-40H,9-12,15-16,22-29H2,1-5H3/t31-,36?,37+,38-,39+,40+,43+,44-/m1/s1. The molecule has 2 aromatic carbocycles. The van der Waals surface area contributed by atoms with Crippen LogP contribution in [-0.4, -0.2) is 18.0 Å². The fourth-order valence-electron chi connectivity index (χ4n) is 10.7. The summed E-state index contributed by atoms with van der Waals surface area (Å²) in [5.74, 6) is 4.83. The van der Waals surface area contributed by atoms with Crippen LogP contribution in [0.2, 0.25) is 0 Å². The number of nitrogens with zero attached hydrogens (tertiary/aromatic N) is 2. The number of hydrogen-bond donors (Lipinski definition) is 0. The zero-order valence-electron chi connectivity index (χ0n) is 31.2. The number of carbonyl (C=O) groups excluding carboxylic acids is 2. The predicted molar refractivity (Wildman–Crippen MR) is 199 cm³/mol. The Balaban J connectivity index is 0.941.